The third kappa shape index (κ3) is 7.97. The van der Waals surface area contributed by atoms with Gasteiger partial charge in [0, 0.05) is 45.5 Å². The average molecular weight is 334 g/mol. The lowest BCUT2D eigenvalue weighted by Crippen LogP contribution is -2.37. The molecule has 0 saturated heterocycles. The normalized spacial score (nSPS) is 11.2. The third-order valence-electron chi connectivity index (χ3n) is 3.45. The summed E-state index contributed by atoms with van der Waals surface area (Å²) in [7, 11) is 1.76. The lowest BCUT2D eigenvalue weighted by Gasteiger charge is -2.12. The second-order valence-corrected chi connectivity index (χ2v) is 5.31. The highest BCUT2D eigenvalue weighted by molar-refractivity contribution is 5.94. The predicted octanol–water partition coefficient (Wildman–Crippen LogP) is 1.92. The highest BCUT2D eigenvalue weighted by Gasteiger charge is 2.04. The summed E-state index contributed by atoms with van der Waals surface area (Å²) in [5, 5.41) is 9.34. The quantitative estimate of drug-likeness (QED) is 0.347. The van der Waals surface area contributed by atoms with Gasteiger partial charge in [-0.15, -0.1) is 0 Å². The van der Waals surface area contributed by atoms with E-state index in [-0.39, 0.29) is 5.91 Å². The Morgan fingerprint density at radius 3 is 2.46 bits per heavy atom. The highest BCUT2D eigenvalue weighted by atomic mass is 16.5. The van der Waals surface area contributed by atoms with E-state index in [0.29, 0.717) is 18.7 Å². The van der Waals surface area contributed by atoms with Crippen molar-refractivity contribution in [2.45, 2.75) is 33.2 Å². The molecule has 0 spiro atoms. The summed E-state index contributed by atoms with van der Waals surface area (Å²) in [5.41, 5.74) is 1.78. The van der Waals surface area contributed by atoms with Crippen LogP contribution >= 0.6 is 0 Å². The number of carbonyl (C=O) groups is 1. The van der Waals surface area contributed by atoms with E-state index in [9.17, 15) is 4.79 Å². The van der Waals surface area contributed by atoms with Gasteiger partial charge in [-0.3, -0.25) is 9.79 Å². The van der Waals surface area contributed by atoms with Crippen LogP contribution in [0, 0.1) is 0 Å². The first-order valence-corrected chi connectivity index (χ1v) is 8.60. The van der Waals surface area contributed by atoms with Crippen molar-refractivity contribution >= 4 is 11.9 Å². The van der Waals surface area contributed by atoms with Crippen LogP contribution in [-0.2, 0) is 11.3 Å². The Hall–Kier alpha value is -2.08. The maximum atomic E-state index is 11.7. The van der Waals surface area contributed by atoms with Gasteiger partial charge in [0.1, 0.15) is 0 Å². The van der Waals surface area contributed by atoms with E-state index in [2.05, 4.69) is 20.9 Å². The number of benzene rings is 1. The smallest absolute Gasteiger partial charge is 0.251 e. The largest absolute Gasteiger partial charge is 0.382 e. The Morgan fingerprint density at radius 1 is 1.08 bits per heavy atom. The maximum absolute atomic E-state index is 11.7. The minimum absolute atomic E-state index is 0.0402. The molecule has 1 rings (SSSR count). The zero-order valence-electron chi connectivity index (χ0n) is 15.0. The van der Waals surface area contributed by atoms with Crippen molar-refractivity contribution in [1.29, 1.82) is 0 Å². The fourth-order valence-corrected chi connectivity index (χ4v) is 2.12. The average Bonchev–Trinajstić information content (AvgIpc) is 2.61. The van der Waals surface area contributed by atoms with Gasteiger partial charge >= 0.3 is 0 Å². The van der Waals surface area contributed by atoms with Crippen LogP contribution < -0.4 is 16.0 Å². The summed E-state index contributed by atoms with van der Waals surface area (Å²) in [6.45, 7) is 7.65. The molecule has 3 N–H and O–H groups in total. The fourth-order valence-electron chi connectivity index (χ4n) is 2.12. The van der Waals surface area contributed by atoms with Crippen molar-refractivity contribution in [2.24, 2.45) is 4.99 Å². The van der Waals surface area contributed by atoms with Crippen molar-refractivity contribution in [1.82, 2.24) is 16.0 Å². The molecule has 24 heavy (non-hydrogen) atoms. The van der Waals surface area contributed by atoms with Crippen molar-refractivity contribution in [3.8, 4) is 0 Å². The van der Waals surface area contributed by atoms with Crippen LogP contribution in [0.2, 0.25) is 0 Å². The Morgan fingerprint density at radius 2 is 1.83 bits per heavy atom. The van der Waals surface area contributed by atoms with Gasteiger partial charge in [0.15, 0.2) is 5.96 Å². The third-order valence-corrected chi connectivity index (χ3v) is 3.45. The fraction of sp³-hybridized carbons (Fsp3) is 0.556. The molecular weight excluding hydrogens is 304 g/mol. The summed E-state index contributed by atoms with van der Waals surface area (Å²) in [4.78, 5) is 15.9. The second-order valence-electron chi connectivity index (χ2n) is 5.31. The number of guanidine groups is 1. The van der Waals surface area contributed by atoms with Crippen LogP contribution in [0.3, 0.4) is 0 Å². The zero-order valence-corrected chi connectivity index (χ0v) is 15.0. The van der Waals surface area contributed by atoms with Gasteiger partial charge in [0.05, 0.1) is 0 Å². The molecule has 0 radical (unpaired) electrons. The summed E-state index contributed by atoms with van der Waals surface area (Å²) >= 11 is 0. The molecule has 0 heterocycles. The first-order valence-electron chi connectivity index (χ1n) is 8.60. The molecule has 6 nitrogen and oxygen atoms in total. The molecule has 0 unspecified atom stereocenters. The van der Waals surface area contributed by atoms with E-state index in [1.807, 2.05) is 38.1 Å². The van der Waals surface area contributed by atoms with Crippen LogP contribution in [0.5, 0.6) is 0 Å². The number of hydrogen-bond acceptors (Lipinski definition) is 3. The predicted molar refractivity (Wildman–Crippen MR) is 98.4 cm³/mol. The first kappa shape index (κ1) is 20.0. The van der Waals surface area contributed by atoms with Crippen LogP contribution in [0.4, 0.5) is 0 Å². The molecule has 0 saturated carbocycles. The molecule has 1 amide bonds. The van der Waals surface area contributed by atoms with Crippen LogP contribution in [-0.4, -0.2) is 45.2 Å². The summed E-state index contributed by atoms with van der Waals surface area (Å²) < 4.78 is 5.31. The van der Waals surface area contributed by atoms with Crippen LogP contribution in [0.1, 0.15) is 42.6 Å². The molecular formula is C18H30N4O2. The number of nitrogens with one attached hydrogen (secondary N) is 3. The number of amides is 1. The van der Waals surface area contributed by atoms with Crippen molar-refractivity contribution in [3.05, 3.63) is 35.4 Å². The molecule has 0 aliphatic carbocycles. The SMILES string of the molecule is CCNC(=O)c1ccc(CNC(=NC)NCCCCOCC)cc1. The molecule has 0 atom stereocenters. The van der Waals surface area contributed by atoms with E-state index < -0.39 is 0 Å². The van der Waals surface area contributed by atoms with E-state index in [1.54, 1.807) is 7.05 Å². The van der Waals surface area contributed by atoms with Crippen LogP contribution in [0.25, 0.3) is 0 Å². The number of rotatable bonds is 10. The van der Waals surface area contributed by atoms with E-state index in [0.717, 1.165) is 44.1 Å². The van der Waals surface area contributed by atoms with E-state index in [1.165, 1.54) is 0 Å². The van der Waals surface area contributed by atoms with E-state index in [4.69, 9.17) is 4.74 Å². The zero-order chi connectivity index (χ0) is 17.6. The number of aliphatic imine (C=N–C) groups is 1. The molecule has 0 aromatic heterocycles. The number of nitrogens with zero attached hydrogens (tertiary/aromatic N) is 1. The Kier molecular flexibility index (Phi) is 10.3. The Labute approximate surface area is 145 Å². The molecule has 0 aliphatic rings. The monoisotopic (exact) mass is 334 g/mol. The summed E-state index contributed by atoms with van der Waals surface area (Å²) in [5.74, 6) is 0.737. The molecule has 0 fully saturated rings. The number of ether oxygens (including phenoxy) is 1. The minimum Gasteiger partial charge on any atom is -0.382 e. The molecule has 6 heteroatoms. The molecule has 134 valence electrons. The lowest BCUT2D eigenvalue weighted by molar-refractivity contribution is 0.0956. The number of unbranched alkanes of at least 4 members (excludes halogenated alkanes) is 1. The van der Waals surface area contributed by atoms with Gasteiger partial charge in [-0.05, 0) is 44.4 Å². The highest BCUT2D eigenvalue weighted by Crippen LogP contribution is 2.04. The summed E-state index contributed by atoms with van der Waals surface area (Å²) in [6, 6.07) is 7.58. The van der Waals surface area contributed by atoms with Gasteiger partial charge in [-0.1, -0.05) is 12.1 Å². The van der Waals surface area contributed by atoms with Gasteiger partial charge < -0.3 is 20.7 Å². The molecule has 1 aromatic rings. The molecule has 0 aliphatic heterocycles. The number of carbonyl (C=O) groups excluding carboxylic acids is 1. The Bertz CT molecular complexity index is 500. The van der Waals surface area contributed by atoms with Crippen molar-refractivity contribution in [3.63, 3.8) is 0 Å². The lowest BCUT2D eigenvalue weighted by atomic mass is 10.1. The van der Waals surface area contributed by atoms with Gasteiger partial charge in [0.25, 0.3) is 5.91 Å². The van der Waals surface area contributed by atoms with Crippen molar-refractivity contribution < 1.29 is 9.53 Å². The number of hydrogen-bond donors (Lipinski definition) is 3. The maximum Gasteiger partial charge on any atom is 0.251 e. The van der Waals surface area contributed by atoms with Crippen LogP contribution in [0.15, 0.2) is 29.3 Å². The Balaban J connectivity index is 2.31. The minimum atomic E-state index is -0.0402. The molecule has 0 bridgehead atoms. The first-order chi connectivity index (χ1) is 11.7. The van der Waals surface area contributed by atoms with Crippen molar-refractivity contribution in [2.75, 3.05) is 33.4 Å². The second kappa shape index (κ2) is 12.4. The van der Waals surface area contributed by atoms with Gasteiger partial charge in [-0.2, -0.15) is 0 Å². The molecule has 1 aromatic carbocycles. The summed E-state index contributed by atoms with van der Waals surface area (Å²) in [6.07, 6.45) is 2.08. The van der Waals surface area contributed by atoms with E-state index >= 15 is 0 Å². The van der Waals surface area contributed by atoms with Gasteiger partial charge in [-0.25, -0.2) is 0 Å². The topological polar surface area (TPSA) is 74.8 Å². The standard InChI is InChI=1S/C18H30N4O2/c1-4-20-17(23)16-10-8-15(9-11-16)14-22-18(19-3)21-12-6-7-13-24-5-2/h8-11H,4-7,12-14H2,1-3H3,(H,20,23)(H2,19,21,22). The van der Waals surface area contributed by atoms with Gasteiger partial charge in [0.2, 0.25) is 0 Å².